The number of hydrogen-bond donors (Lipinski definition) is 0. The Labute approximate surface area is 727 Å². The molecule has 0 N–H and O–H groups in total. The molecule has 16 aromatic carbocycles. The zero-order valence-corrected chi connectivity index (χ0v) is 71.4. The first kappa shape index (κ1) is 81.0. The molecule has 18 aromatic rings. The van der Waals surface area contributed by atoms with Crippen molar-refractivity contribution in [3.05, 3.63) is 453 Å². The van der Waals surface area contributed by atoms with Crippen molar-refractivity contribution in [1.82, 2.24) is 0 Å². The second-order valence-corrected chi connectivity index (χ2v) is 31.9. The average molecular weight is 1780 g/mol. The molecule has 2 aromatic heterocycles. The van der Waals surface area contributed by atoms with Gasteiger partial charge in [0.25, 0.3) is 0 Å². The van der Waals surface area contributed by atoms with E-state index in [1.165, 1.54) is 8.04 Å². The Morgan fingerprint density at radius 2 is 0.613 bits per heavy atom. The second kappa shape index (κ2) is 38.3. The summed E-state index contributed by atoms with van der Waals surface area (Å²) < 4.78 is 27.7. The van der Waals surface area contributed by atoms with Crippen molar-refractivity contribution < 1.29 is 18.1 Å². The Bertz CT molecular complexity index is 6470. The highest BCUT2D eigenvalue weighted by atomic mass is 127. The number of para-hydroxylation sites is 8. The molecule has 1 fully saturated rings. The van der Waals surface area contributed by atoms with Gasteiger partial charge in [-0.05, 0) is 305 Å². The molecule has 0 unspecified atom stereocenters. The zero-order valence-electron chi connectivity index (χ0n) is 66.0. The van der Waals surface area contributed by atoms with Gasteiger partial charge in [0.1, 0.15) is 22.3 Å². The molecule has 576 valence electrons. The van der Waals surface area contributed by atoms with Crippen molar-refractivity contribution in [3.63, 3.8) is 0 Å². The maximum Gasteiger partial charge on any atom is 0.494 e. The molecule has 0 saturated carbocycles. The fourth-order valence-electron chi connectivity index (χ4n) is 13.8. The van der Waals surface area contributed by atoms with Gasteiger partial charge in [0.05, 0.1) is 11.2 Å². The van der Waals surface area contributed by atoms with Gasteiger partial charge >= 0.3 is 7.12 Å². The van der Waals surface area contributed by atoms with Crippen LogP contribution in [0.25, 0.3) is 55.0 Å². The van der Waals surface area contributed by atoms with Crippen LogP contribution in [0.3, 0.4) is 0 Å². The largest absolute Gasteiger partial charge is 0.494 e. The first-order valence-electron chi connectivity index (χ1n) is 39.1. The number of benzene rings is 16. The first-order chi connectivity index (χ1) is 58.2. The van der Waals surface area contributed by atoms with Crippen LogP contribution in [0.1, 0.15) is 55.5 Å². The molecule has 0 spiro atoms. The number of rotatable bonds is 11. The minimum Gasteiger partial charge on any atom is -0.456 e. The average Bonchev–Trinajstić information content (AvgIpc) is 1.58. The maximum absolute atomic E-state index is 6.14. The number of nitrogens with zero attached hydrogens (tertiary/aromatic N) is 3. The van der Waals surface area contributed by atoms with Gasteiger partial charge in [0.2, 0.25) is 0 Å². The van der Waals surface area contributed by atoms with Crippen LogP contribution in [0.5, 0.6) is 0 Å². The van der Waals surface area contributed by atoms with E-state index in [4.69, 9.17) is 24.6 Å². The Kier molecular flexibility index (Phi) is 26.1. The molecule has 1 aliphatic rings. The van der Waals surface area contributed by atoms with Gasteiger partial charge in [0.15, 0.2) is 0 Å². The molecular weight excluding hydrogens is 1700 g/mol. The number of anilines is 9. The molecule has 11 heteroatoms. The third kappa shape index (κ3) is 19.8. The molecule has 0 aliphatic carbocycles. The fourth-order valence-corrected chi connectivity index (χ4v) is 14.8. The molecule has 1 saturated heterocycles. The minimum absolute atomic E-state index is 0.333. The number of terminal acetylenes is 1. The van der Waals surface area contributed by atoms with Gasteiger partial charge in [-0.1, -0.05) is 236 Å². The van der Waals surface area contributed by atoms with Crippen LogP contribution in [0.15, 0.2) is 430 Å². The van der Waals surface area contributed by atoms with Crippen LogP contribution >= 0.6 is 54.5 Å². The van der Waals surface area contributed by atoms with Gasteiger partial charge < -0.3 is 32.8 Å². The van der Waals surface area contributed by atoms with E-state index in [0.717, 1.165) is 144 Å². The predicted molar refractivity (Wildman–Crippen MR) is 513 cm³/mol. The summed E-state index contributed by atoms with van der Waals surface area (Å²) in [7, 11) is -0.359. The predicted octanol–water partition coefficient (Wildman–Crippen LogP) is 29.5. The Morgan fingerprint density at radius 1 is 0.294 bits per heavy atom. The molecule has 1 aliphatic heterocycles. The molecule has 19 rings (SSSR count). The lowest BCUT2D eigenvalue weighted by molar-refractivity contribution is 0.00578. The molecule has 0 amide bonds. The van der Waals surface area contributed by atoms with Gasteiger partial charge in [0, 0.05) is 113 Å². The Hall–Kier alpha value is -13.1. The number of hydrogen-bond acceptors (Lipinski definition) is 7. The quantitative estimate of drug-likeness (QED) is 0.0726. The van der Waals surface area contributed by atoms with Crippen molar-refractivity contribution in [2.45, 2.75) is 38.9 Å². The van der Waals surface area contributed by atoms with E-state index in [2.05, 4.69) is 375 Å². The first-order valence-corrected chi connectivity index (χ1v) is 41.8. The Morgan fingerprint density at radius 3 is 1.01 bits per heavy atom. The smallest absolute Gasteiger partial charge is 0.456 e. The minimum atomic E-state index is -0.359. The van der Waals surface area contributed by atoms with Gasteiger partial charge in [-0.25, -0.2) is 0 Å². The number of halogens is 3. The molecule has 0 radical (unpaired) electrons. The normalized spacial score (nSPS) is 12.1. The van der Waals surface area contributed by atoms with Crippen LogP contribution in [0.4, 0.5) is 51.2 Å². The van der Waals surface area contributed by atoms with Gasteiger partial charge in [-0.2, -0.15) is 0 Å². The summed E-state index contributed by atoms with van der Waals surface area (Å²) in [6, 6.07) is 140. The van der Waals surface area contributed by atoms with E-state index in [1.54, 1.807) is 0 Å². The molecule has 7 nitrogen and oxygen atoms in total. The Balaban J connectivity index is 0.000000124. The number of fused-ring (bicyclic) bond motifs is 6. The van der Waals surface area contributed by atoms with Gasteiger partial charge in [-0.15, -0.1) is 6.42 Å². The van der Waals surface area contributed by atoms with Crippen LogP contribution in [-0.2, 0) is 9.31 Å². The summed E-state index contributed by atoms with van der Waals surface area (Å²) >= 11 is 9.21. The molecule has 0 bridgehead atoms. The second-order valence-electron chi connectivity index (χ2n) is 29.0. The van der Waals surface area contributed by atoms with Crippen molar-refractivity contribution in [2.24, 2.45) is 0 Å². The fraction of sp³-hybridized carbons (Fsp3) is 0.0556. The summed E-state index contributed by atoms with van der Waals surface area (Å²) in [5, 5.41) is 4.52. The van der Waals surface area contributed by atoms with E-state index in [-0.39, 0.29) is 18.3 Å². The van der Waals surface area contributed by atoms with Crippen LogP contribution in [-0.4, -0.2) is 18.3 Å². The van der Waals surface area contributed by atoms with Crippen LogP contribution in [0.2, 0.25) is 0 Å². The third-order valence-electron chi connectivity index (χ3n) is 20.6. The van der Waals surface area contributed by atoms with Crippen LogP contribution in [0, 0.1) is 39.6 Å². The lowest BCUT2D eigenvalue weighted by Crippen LogP contribution is -2.41. The van der Waals surface area contributed by atoms with Gasteiger partial charge in [-0.3, -0.25) is 0 Å². The van der Waals surface area contributed by atoms with E-state index in [9.17, 15) is 0 Å². The maximum atomic E-state index is 6.14. The number of furan rings is 2. The van der Waals surface area contributed by atoms with Crippen LogP contribution < -0.4 is 20.2 Å². The third-order valence-corrected chi connectivity index (χ3v) is 23.6. The monoisotopic (exact) mass is 1780 g/mol. The molecule has 0 atom stereocenters. The summed E-state index contributed by atoms with van der Waals surface area (Å²) in [6.07, 6.45) is 5.43. The molecule has 119 heavy (non-hydrogen) atoms. The summed E-state index contributed by atoms with van der Waals surface area (Å²) in [6.45, 7) is 8.25. The van der Waals surface area contributed by atoms with E-state index in [0.29, 0.717) is 0 Å². The summed E-state index contributed by atoms with van der Waals surface area (Å²) in [5.41, 5.74) is 20.9. The molecular formula is C108H81BBr2IN3O4. The summed E-state index contributed by atoms with van der Waals surface area (Å²) in [5.74, 6) is 15.9. The summed E-state index contributed by atoms with van der Waals surface area (Å²) in [4.78, 5) is 6.70. The molecule has 3 heterocycles. The van der Waals surface area contributed by atoms with Crippen molar-refractivity contribution in [2.75, 3.05) is 14.7 Å². The van der Waals surface area contributed by atoms with E-state index < -0.39 is 0 Å². The van der Waals surface area contributed by atoms with E-state index in [1.807, 2.05) is 164 Å². The van der Waals surface area contributed by atoms with E-state index >= 15 is 0 Å². The lowest BCUT2D eigenvalue weighted by atomic mass is 9.79. The van der Waals surface area contributed by atoms with Crippen molar-refractivity contribution >= 4 is 162 Å². The standard InChI is InChI=1S/C38H25NO.C26H18BrN.C20H15N.C18H19BO3.C6H4BrI/c1-3-12-31(13-4-1)39(32-14-5-2-6-15-32)33-24-20-28(21-25-33)19-22-29-11-7-8-16-34(29)30-23-26-36-35-17-9-10-18-37(35)40-38(36)27-30;27-26-14-8-7-9-22(26)18-15-21-16-19-25(20-17-21)28(23-10-3-1-4-11-23)24-12-5-2-6-13-24;1-2-17-13-15-20(16-14-17)21(18-9-5-3-6-10-18)19-11-7-4-8-12-19;1-17(2)18(3,4)22-19(21-17)12-9-10-14-13-7-5-6-8-15(13)20-16(14)11-12;7-5-3-1-2-4-6(5)8/h1-18,20-21,23-27H;1-14,16-17,19-20H;1,3-16H;5-11H,1-4H3;1-4H. The van der Waals surface area contributed by atoms with Crippen molar-refractivity contribution in [3.8, 4) is 47.2 Å². The lowest BCUT2D eigenvalue weighted by Gasteiger charge is -2.32. The highest BCUT2D eigenvalue weighted by molar-refractivity contribution is 14.1. The highest BCUT2D eigenvalue weighted by Crippen LogP contribution is 2.41. The topological polar surface area (TPSA) is 54.5 Å². The highest BCUT2D eigenvalue weighted by Gasteiger charge is 2.52. The zero-order chi connectivity index (χ0) is 81.9. The van der Waals surface area contributed by atoms with Crippen molar-refractivity contribution in [1.29, 1.82) is 0 Å². The SMILES string of the molecule is Brc1ccccc1C#Cc1ccc(N(c2ccccc2)c2ccccc2)cc1.Brc1ccccc1I.C#Cc1ccc(N(c2ccccc2)c2ccccc2)cc1.C(#Cc1ccccc1-c1ccc2c(c1)oc1ccccc12)c1ccc(N(c2ccccc2)c2ccccc2)cc1.CC1(C)OB(c2ccc3c(c2)oc2ccccc23)OC1(C)C.